The number of nitrogens with two attached hydrogens (primary N) is 1. The fourth-order valence-electron chi connectivity index (χ4n) is 1.42. The van der Waals surface area contributed by atoms with Crippen LogP contribution in [0, 0.1) is 0 Å². The van der Waals surface area contributed by atoms with Crippen LogP contribution < -0.4 is 10.5 Å². The monoisotopic (exact) mass is 275 g/mol. The molecule has 0 unspecified atom stereocenters. The highest BCUT2D eigenvalue weighted by Gasteiger charge is 2.23. The molecule has 1 aromatic carbocycles. The molecule has 74 valence electrons. The molecule has 0 amide bonds. The number of nitrogen functional groups attached to an aromatic ring is 1. The Morgan fingerprint density at radius 2 is 2.21 bits per heavy atom. The van der Waals surface area contributed by atoms with E-state index < -0.39 is 0 Å². The molecule has 14 heavy (non-hydrogen) atoms. The molecule has 0 aromatic heterocycles. The molecule has 0 saturated heterocycles. The lowest BCUT2D eigenvalue weighted by Gasteiger charge is -2.19. The van der Waals surface area contributed by atoms with Crippen LogP contribution >= 0.6 is 27.5 Å². The second kappa shape index (κ2) is 3.44. The molecule has 1 aliphatic rings. The van der Waals surface area contributed by atoms with Crippen molar-refractivity contribution < 1.29 is 9.53 Å². The molecule has 0 radical (unpaired) electrons. The van der Waals surface area contributed by atoms with Crippen LogP contribution in [0.4, 0.5) is 5.69 Å². The number of ether oxygens (including phenoxy) is 1. The summed E-state index contributed by atoms with van der Waals surface area (Å²) >= 11 is 9.21. The number of benzene rings is 1. The smallest absolute Gasteiger partial charge is 0.311 e. The highest BCUT2D eigenvalue weighted by molar-refractivity contribution is 9.10. The molecule has 2 N–H and O–H groups in total. The van der Waals surface area contributed by atoms with Gasteiger partial charge in [0.05, 0.1) is 17.1 Å². The molecule has 5 heteroatoms. The van der Waals surface area contributed by atoms with E-state index in [2.05, 4.69) is 15.9 Å². The quantitative estimate of drug-likeness (QED) is 0.450. The molecule has 2 rings (SSSR count). The molecule has 1 aliphatic heterocycles. The van der Waals surface area contributed by atoms with Gasteiger partial charge in [0.2, 0.25) is 0 Å². The van der Waals surface area contributed by atoms with Crippen molar-refractivity contribution in [3.05, 3.63) is 21.1 Å². The van der Waals surface area contributed by atoms with Gasteiger partial charge in [0, 0.05) is 10.0 Å². The zero-order chi connectivity index (χ0) is 10.3. The van der Waals surface area contributed by atoms with Crippen molar-refractivity contribution >= 4 is 39.2 Å². The number of hydrogen-bond acceptors (Lipinski definition) is 3. The molecule has 0 saturated carbocycles. The van der Waals surface area contributed by atoms with Crippen LogP contribution in [0.5, 0.6) is 5.75 Å². The van der Waals surface area contributed by atoms with E-state index in [1.54, 1.807) is 6.07 Å². The Balaban J connectivity index is 2.62. The first kappa shape index (κ1) is 9.80. The molecular formula is C9H7BrClNO2. The fourth-order valence-corrected chi connectivity index (χ4v) is 2.28. The Labute approximate surface area is 94.3 Å². The maximum Gasteiger partial charge on any atom is 0.311 e. The summed E-state index contributed by atoms with van der Waals surface area (Å²) in [5.41, 5.74) is 7.22. The van der Waals surface area contributed by atoms with Gasteiger partial charge in [-0.3, -0.25) is 4.79 Å². The molecule has 0 atom stereocenters. The summed E-state index contributed by atoms with van der Waals surface area (Å²) in [6.45, 7) is 0. The van der Waals surface area contributed by atoms with E-state index in [9.17, 15) is 4.79 Å². The van der Waals surface area contributed by atoms with Crippen LogP contribution in [-0.2, 0) is 11.2 Å². The lowest BCUT2D eigenvalue weighted by Crippen LogP contribution is -2.17. The minimum Gasteiger partial charge on any atom is -0.425 e. The van der Waals surface area contributed by atoms with Crippen molar-refractivity contribution in [3.63, 3.8) is 0 Å². The number of carbonyl (C=O) groups excluding carboxylic acids is 1. The third-order valence-corrected chi connectivity index (χ3v) is 3.06. The Morgan fingerprint density at radius 3 is 2.93 bits per heavy atom. The predicted molar refractivity (Wildman–Crippen MR) is 57.5 cm³/mol. The number of halogens is 2. The highest BCUT2D eigenvalue weighted by atomic mass is 79.9. The minimum absolute atomic E-state index is 0.263. The van der Waals surface area contributed by atoms with Gasteiger partial charge in [-0.05, 0) is 28.4 Å². The van der Waals surface area contributed by atoms with Crippen molar-refractivity contribution in [1.29, 1.82) is 0 Å². The Bertz CT molecular complexity index is 420. The predicted octanol–water partition coefficient (Wildman–Crippen LogP) is 2.54. The van der Waals surface area contributed by atoms with Crippen molar-refractivity contribution in [2.45, 2.75) is 12.8 Å². The first-order valence-corrected chi connectivity index (χ1v) is 5.23. The largest absolute Gasteiger partial charge is 0.425 e. The summed E-state index contributed by atoms with van der Waals surface area (Å²) in [7, 11) is 0. The van der Waals surface area contributed by atoms with Gasteiger partial charge in [-0.25, -0.2) is 0 Å². The summed E-state index contributed by atoms with van der Waals surface area (Å²) in [6, 6.07) is 1.63. The molecule has 0 spiro atoms. The maximum absolute atomic E-state index is 11.0. The van der Waals surface area contributed by atoms with E-state index >= 15 is 0 Å². The first-order valence-electron chi connectivity index (χ1n) is 4.06. The van der Waals surface area contributed by atoms with Crippen molar-refractivity contribution in [2.75, 3.05) is 5.73 Å². The van der Waals surface area contributed by atoms with Crippen LogP contribution in [0.2, 0.25) is 5.02 Å². The summed E-state index contributed by atoms with van der Waals surface area (Å²) in [5.74, 6) is 0.143. The van der Waals surface area contributed by atoms with Gasteiger partial charge in [-0.2, -0.15) is 0 Å². The molecule has 1 heterocycles. The van der Waals surface area contributed by atoms with E-state index in [1.807, 2.05) is 0 Å². The first-order chi connectivity index (χ1) is 6.59. The van der Waals surface area contributed by atoms with Gasteiger partial charge in [0.15, 0.2) is 5.75 Å². The van der Waals surface area contributed by atoms with Crippen LogP contribution in [0.1, 0.15) is 12.0 Å². The second-order valence-corrected chi connectivity index (χ2v) is 4.30. The Morgan fingerprint density at radius 1 is 1.50 bits per heavy atom. The van der Waals surface area contributed by atoms with Crippen molar-refractivity contribution in [1.82, 2.24) is 0 Å². The summed E-state index contributed by atoms with van der Waals surface area (Å²) < 4.78 is 5.76. The minimum atomic E-state index is -0.263. The van der Waals surface area contributed by atoms with Gasteiger partial charge in [-0.1, -0.05) is 11.6 Å². The molecule has 0 bridgehead atoms. The van der Waals surface area contributed by atoms with Gasteiger partial charge in [-0.15, -0.1) is 0 Å². The van der Waals surface area contributed by atoms with Gasteiger partial charge >= 0.3 is 5.97 Å². The second-order valence-electron chi connectivity index (χ2n) is 3.04. The highest BCUT2D eigenvalue weighted by Crippen LogP contribution is 2.40. The molecule has 0 aliphatic carbocycles. The SMILES string of the molecule is Nc1c(Br)cc(Cl)c2c1CCC(=O)O2. The van der Waals surface area contributed by atoms with Crippen LogP contribution in [0.15, 0.2) is 10.5 Å². The van der Waals surface area contributed by atoms with Crippen LogP contribution in [-0.4, -0.2) is 5.97 Å². The molecule has 0 fully saturated rings. The number of carbonyl (C=O) groups is 1. The molecular weight excluding hydrogens is 269 g/mol. The number of fused-ring (bicyclic) bond motifs is 1. The standard InChI is InChI=1S/C9H7BrClNO2/c10-5-3-6(11)9-4(8(5)12)1-2-7(13)14-9/h3H,1-2,12H2. The number of rotatable bonds is 0. The zero-order valence-electron chi connectivity index (χ0n) is 7.14. The Hall–Kier alpha value is -0.740. The van der Waals surface area contributed by atoms with Crippen LogP contribution in [0.25, 0.3) is 0 Å². The maximum atomic E-state index is 11.0. The third kappa shape index (κ3) is 1.48. The van der Waals surface area contributed by atoms with Gasteiger partial charge < -0.3 is 10.5 Å². The zero-order valence-corrected chi connectivity index (χ0v) is 9.48. The summed E-state index contributed by atoms with van der Waals surface area (Å²) in [5, 5.41) is 0.411. The molecule has 1 aromatic rings. The number of hydrogen-bond donors (Lipinski definition) is 1. The van der Waals surface area contributed by atoms with E-state index in [1.165, 1.54) is 0 Å². The lowest BCUT2D eigenvalue weighted by molar-refractivity contribution is -0.135. The number of esters is 1. The fraction of sp³-hybridized carbons (Fsp3) is 0.222. The van der Waals surface area contributed by atoms with Crippen molar-refractivity contribution in [2.24, 2.45) is 0 Å². The summed E-state index contributed by atoms with van der Waals surface area (Å²) in [4.78, 5) is 11.0. The summed E-state index contributed by atoms with van der Waals surface area (Å²) in [6.07, 6.45) is 0.934. The van der Waals surface area contributed by atoms with Gasteiger partial charge in [0.1, 0.15) is 0 Å². The number of anilines is 1. The lowest BCUT2D eigenvalue weighted by atomic mass is 10.0. The normalized spacial score (nSPS) is 14.9. The average Bonchev–Trinajstić information content (AvgIpc) is 2.14. The van der Waals surface area contributed by atoms with Gasteiger partial charge in [0.25, 0.3) is 0 Å². The molecule has 3 nitrogen and oxygen atoms in total. The van der Waals surface area contributed by atoms with Crippen LogP contribution in [0.3, 0.4) is 0 Å². The van der Waals surface area contributed by atoms with Crippen molar-refractivity contribution in [3.8, 4) is 5.75 Å². The third-order valence-electron chi connectivity index (χ3n) is 2.12. The Kier molecular flexibility index (Phi) is 2.41. The van der Waals surface area contributed by atoms with E-state index in [0.29, 0.717) is 29.3 Å². The average molecular weight is 277 g/mol. The van der Waals surface area contributed by atoms with E-state index in [-0.39, 0.29) is 5.97 Å². The topological polar surface area (TPSA) is 52.3 Å². The van der Waals surface area contributed by atoms with E-state index in [0.717, 1.165) is 10.0 Å². The van der Waals surface area contributed by atoms with E-state index in [4.69, 9.17) is 22.1 Å².